The predicted molar refractivity (Wildman–Crippen MR) is 65.4 cm³/mol. The van der Waals surface area contributed by atoms with Crippen molar-refractivity contribution in [2.24, 2.45) is 4.99 Å². The van der Waals surface area contributed by atoms with Gasteiger partial charge < -0.3 is 0 Å². The van der Waals surface area contributed by atoms with E-state index >= 15 is 0 Å². The molecule has 1 nitrogen and oxygen atoms in total. The average Bonchev–Trinajstić information content (AvgIpc) is 2.31. The molecular formula is C14H17N. The number of hydrogen-bond donors (Lipinski definition) is 0. The maximum atomic E-state index is 4.74. The van der Waals surface area contributed by atoms with Gasteiger partial charge >= 0.3 is 0 Å². The Bertz CT molecular complexity index is 362. The van der Waals surface area contributed by atoms with E-state index in [1.807, 2.05) is 6.07 Å². The molecule has 2 rings (SSSR count). The number of benzene rings is 1. The van der Waals surface area contributed by atoms with Gasteiger partial charge in [-0.05, 0) is 31.7 Å². The molecule has 0 amide bonds. The quantitative estimate of drug-likeness (QED) is 0.509. The fourth-order valence-electron chi connectivity index (χ4n) is 1.90. The van der Waals surface area contributed by atoms with Crippen molar-refractivity contribution < 1.29 is 0 Å². The Hall–Kier alpha value is -1.37. The molecule has 0 bridgehead atoms. The highest BCUT2D eigenvalue weighted by Crippen LogP contribution is 2.14. The van der Waals surface area contributed by atoms with Crippen molar-refractivity contribution in [3.63, 3.8) is 0 Å². The standard InChI is InChI=1S/C14H17N/c1-12(13-8-4-2-5-9-13)15-14-10-6-3-7-11-14/h2,4-6,8-10,14H,3,7,11H2,1H3/b15-12+. The van der Waals surface area contributed by atoms with Crippen LogP contribution in [0.5, 0.6) is 0 Å². The molecule has 1 atom stereocenters. The number of rotatable bonds is 2. The van der Waals surface area contributed by atoms with Gasteiger partial charge in [-0.3, -0.25) is 4.99 Å². The molecule has 0 aromatic heterocycles. The summed E-state index contributed by atoms with van der Waals surface area (Å²) in [6.45, 7) is 2.10. The van der Waals surface area contributed by atoms with Gasteiger partial charge in [0.25, 0.3) is 0 Å². The van der Waals surface area contributed by atoms with Crippen molar-refractivity contribution in [2.45, 2.75) is 32.2 Å². The Kier molecular flexibility index (Phi) is 3.33. The molecule has 0 N–H and O–H groups in total. The Morgan fingerprint density at radius 1 is 1.27 bits per heavy atom. The third kappa shape index (κ3) is 2.79. The summed E-state index contributed by atoms with van der Waals surface area (Å²) in [5, 5.41) is 0. The van der Waals surface area contributed by atoms with Gasteiger partial charge in [-0.2, -0.15) is 0 Å². The molecule has 0 saturated carbocycles. The lowest BCUT2D eigenvalue weighted by molar-refractivity contribution is 0.647. The molecule has 0 aliphatic heterocycles. The van der Waals surface area contributed by atoms with Gasteiger partial charge in [0.05, 0.1) is 6.04 Å². The number of nitrogens with zero attached hydrogens (tertiary/aromatic N) is 1. The Labute approximate surface area is 91.6 Å². The van der Waals surface area contributed by atoms with E-state index in [2.05, 4.69) is 43.3 Å². The molecule has 1 heteroatoms. The lowest BCUT2D eigenvalue weighted by Gasteiger charge is -2.13. The van der Waals surface area contributed by atoms with Crippen LogP contribution in [0.25, 0.3) is 0 Å². The fourth-order valence-corrected chi connectivity index (χ4v) is 1.90. The number of allylic oxidation sites excluding steroid dienone is 1. The van der Waals surface area contributed by atoms with Crippen LogP contribution in [-0.4, -0.2) is 11.8 Å². The molecule has 1 aliphatic rings. The van der Waals surface area contributed by atoms with Gasteiger partial charge in [0.15, 0.2) is 0 Å². The zero-order valence-corrected chi connectivity index (χ0v) is 9.19. The molecule has 0 saturated heterocycles. The summed E-state index contributed by atoms with van der Waals surface area (Å²) in [6, 6.07) is 10.8. The molecule has 0 radical (unpaired) electrons. The van der Waals surface area contributed by atoms with Crippen LogP contribution < -0.4 is 0 Å². The average molecular weight is 199 g/mol. The van der Waals surface area contributed by atoms with Crippen LogP contribution >= 0.6 is 0 Å². The smallest absolute Gasteiger partial charge is 0.0683 e. The summed E-state index contributed by atoms with van der Waals surface area (Å²) in [5.74, 6) is 0. The SMILES string of the molecule is C/C(=N\C1C=CCCC1)c1ccccc1. The summed E-state index contributed by atoms with van der Waals surface area (Å²) in [4.78, 5) is 4.74. The highest BCUT2D eigenvalue weighted by Gasteiger charge is 2.06. The maximum absolute atomic E-state index is 4.74. The lowest BCUT2D eigenvalue weighted by atomic mass is 10.0. The van der Waals surface area contributed by atoms with Crippen molar-refractivity contribution >= 4 is 5.71 Å². The first-order valence-electron chi connectivity index (χ1n) is 5.63. The van der Waals surface area contributed by atoms with Gasteiger partial charge in [0, 0.05) is 5.71 Å². The molecular weight excluding hydrogens is 182 g/mol. The first-order chi connectivity index (χ1) is 7.36. The maximum Gasteiger partial charge on any atom is 0.0683 e. The lowest BCUT2D eigenvalue weighted by Crippen LogP contribution is -2.07. The predicted octanol–water partition coefficient (Wildman–Crippen LogP) is 3.60. The van der Waals surface area contributed by atoms with E-state index < -0.39 is 0 Å². The summed E-state index contributed by atoms with van der Waals surface area (Å²) in [7, 11) is 0. The molecule has 15 heavy (non-hydrogen) atoms. The molecule has 1 unspecified atom stereocenters. The Morgan fingerprint density at radius 2 is 2.07 bits per heavy atom. The summed E-state index contributed by atoms with van der Waals surface area (Å²) in [5.41, 5.74) is 2.38. The van der Waals surface area contributed by atoms with Crippen molar-refractivity contribution in [2.75, 3.05) is 0 Å². The summed E-state index contributed by atoms with van der Waals surface area (Å²) < 4.78 is 0. The third-order valence-electron chi connectivity index (χ3n) is 2.78. The molecule has 0 fully saturated rings. The molecule has 1 aliphatic carbocycles. The van der Waals surface area contributed by atoms with Crippen molar-refractivity contribution in [3.8, 4) is 0 Å². The van der Waals surface area contributed by atoms with E-state index in [9.17, 15) is 0 Å². The molecule has 0 spiro atoms. The van der Waals surface area contributed by atoms with E-state index in [1.165, 1.54) is 24.8 Å². The monoisotopic (exact) mass is 199 g/mol. The van der Waals surface area contributed by atoms with Gasteiger partial charge in [-0.25, -0.2) is 0 Å². The Morgan fingerprint density at radius 3 is 2.73 bits per heavy atom. The fraction of sp³-hybridized carbons (Fsp3) is 0.357. The molecule has 78 valence electrons. The Balaban J connectivity index is 2.13. The third-order valence-corrected chi connectivity index (χ3v) is 2.78. The topological polar surface area (TPSA) is 12.4 Å². The number of aliphatic imine (C=N–C) groups is 1. The summed E-state index contributed by atoms with van der Waals surface area (Å²) >= 11 is 0. The largest absolute Gasteiger partial charge is 0.282 e. The second-order valence-corrected chi connectivity index (χ2v) is 4.01. The van der Waals surface area contributed by atoms with Crippen molar-refractivity contribution in [1.29, 1.82) is 0 Å². The van der Waals surface area contributed by atoms with Crippen LogP contribution in [0.1, 0.15) is 31.7 Å². The first-order valence-corrected chi connectivity index (χ1v) is 5.63. The van der Waals surface area contributed by atoms with Gasteiger partial charge in [-0.15, -0.1) is 0 Å². The van der Waals surface area contributed by atoms with Crippen LogP contribution in [0.4, 0.5) is 0 Å². The van der Waals surface area contributed by atoms with Crippen LogP contribution in [-0.2, 0) is 0 Å². The van der Waals surface area contributed by atoms with Gasteiger partial charge in [0.2, 0.25) is 0 Å². The van der Waals surface area contributed by atoms with Gasteiger partial charge in [-0.1, -0.05) is 42.5 Å². The molecule has 1 aromatic carbocycles. The van der Waals surface area contributed by atoms with Crippen LogP contribution in [0.15, 0.2) is 47.5 Å². The molecule has 0 heterocycles. The second kappa shape index (κ2) is 4.92. The van der Waals surface area contributed by atoms with E-state index in [4.69, 9.17) is 4.99 Å². The molecule has 1 aromatic rings. The van der Waals surface area contributed by atoms with Crippen molar-refractivity contribution in [3.05, 3.63) is 48.0 Å². The van der Waals surface area contributed by atoms with E-state index in [-0.39, 0.29) is 0 Å². The van der Waals surface area contributed by atoms with Crippen LogP contribution in [0.3, 0.4) is 0 Å². The van der Waals surface area contributed by atoms with Crippen LogP contribution in [0, 0.1) is 0 Å². The highest BCUT2D eigenvalue weighted by atomic mass is 14.8. The normalized spacial score (nSPS) is 21.7. The second-order valence-electron chi connectivity index (χ2n) is 4.01. The minimum atomic E-state index is 0.402. The van der Waals surface area contributed by atoms with Crippen LogP contribution in [0.2, 0.25) is 0 Å². The zero-order chi connectivity index (χ0) is 10.5. The van der Waals surface area contributed by atoms with E-state index in [0.717, 1.165) is 5.71 Å². The van der Waals surface area contributed by atoms with E-state index in [0.29, 0.717) is 6.04 Å². The minimum Gasteiger partial charge on any atom is -0.282 e. The van der Waals surface area contributed by atoms with Crippen molar-refractivity contribution in [1.82, 2.24) is 0 Å². The highest BCUT2D eigenvalue weighted by molar-refractivity contribution is 5.98. The minimum absolute atomic E-state index is 0.402. The first kappa shape index (κ1) is 10.2. The van der Waals surface area contributed by atoms with Gasteiger partial charge in [0.1, 0.15) is 0 Å². The van der Waals surface area contributed by atoms with E-state index in [1.54, 1.807) is 0 Å². The number of hydrogen-bond acceptors (Lipinski definition) is 1. The zero-order valence-electron chi connectivity index (χ0n) is 9.19. The summed E-state index contributed by atoms with van der Waals surface area (Å²) in [6.07, 6.45) is 8.16.